The molecule has 3 heteroatoms. The third-order valence-electron chi connectivity index (χ3n) is 2.77. The van der Waals surface area contributed by atoms with Crippen LogP contribution in [0.25, 0.3) is 0 Å². The second-order valence-electron chi connectivity index (χ2n) is 3.73. The molecule has 0 bridgehead atoms. The molecule has 1 rings (SSSR count). The molecule has 13 heavy (non-hydrogen) atoms. The van der Waals surface area contributed by atoms with Crippen LogP contribution in [0.2, 0.25) is 0 Å². The first-order chi connectivity index (χ1) is 6.20. The molecular weight excluding hydrogens is 230 g/mol. The number of hydrogen-bond acceptors (Lipinski definition) is 1. The highest BCUT2D eigenvalue weighted by molar-refractivity contribution is 9.09. The maximum Gasteiger partial charge on any atom is 0.225 e. The van der Waals surface area contributed by atoms with Gasteiger partial charge in [0, 0.05) is 24.3 Å². The normalized spacial score (nSPS) is 18.4. The van der Waals surface area contributed by atoms with Gasteiger partial charge in [-0.25, -0.2) is 0 Å². The van der Waals surface area contributed by atoms with Crippen molar-refractivity contribution in [2.75, 3.05) is 18.4 Å². The van der Waals surface area contributed by atoms with Gasteiger partial charge in [-0.3, -0.25) is 4.79 Å². The van der Waals surface area contributed by atoms with E-state index < -0.39 is 0 Å². The summed E-state index contributed by atoms with van der Waals surface area (Å²) in [5.74, 6) is 1.26. The van der Waals surface area contributed by atoms with Crippen LogP contribution < -0.4 is 0 Å². The lowest BCUT2D eigenvalue weighted by Gasteiger charge is -2.23. The fourth-order valence-corrected chi connectivity index (χ4v) is 2.04. The SMILES string of the molecule is CCN(CCBr)C(=O)C(C)C1CC1. The van der Waals surface area contributed by atoms with E-state index >= 15 is 0 Å². The van der Waals surface area contributed by atoms with Crippen molar-refractivity contribution in [2.45, 2.75) is 26.7 Å². The zero-order valence-corrected chi connectivity index (χ0v) is 10.0. The van der Waals surface area contributed by atoms with E-state index in [1.54, 1.807) is 0 Å². The Balaban J connectivity index is 2.41. The topological polar surface area (TPSA) is 20.3 Å². The van der Waals surface area contributed by atoms with Gasteiger partial charge in [0.05, 0.1) is 0 Å². The first kappa shape index (κ1) is 11.0. The zero-order valence-electron chi connectivity index (χ0n) is 8.42. The van der Waals surface area contributed by atoms with Gasteiger partial charge in [0.1, 0.15) is 0 Å². The van der Waals surface area contributed by atoms with Crippen LogP contribution in [0.5, 0.6) is 0 Å². The Morgan fingerprint density at radius 1 is 1.62 bits per heavy atom. The van der Waals surface area contributed by atoms with Crippen molar-refractivity contribution in [3.05, 3.63) is 0 Å². The van der Waals surface area contributed by atoms with Gasteiger partial charge in [0.15, 0.2) is 0 Å². The molecule has 1 atom stereocenters. The monoisotopic (exact) mass is 247 g/mol. The standard InChI is InChI=1S/C10H18BrNO/c1-3-12(7-6-11)10(13)8(2)9-4-5-9/h8-9H,3-7H2,1-2H3. The highest BCUT2D eigenvalue weighted by Gasteiger charge is 2.34. The molecule has 0 N–H and O–H groups in total. The Kier molecular flexibility index (Phi) is 4.23. The average molecular weight is 248 g/mol. The summed E-state index contributed by atoms with van der Waals surface area (Å²) >= 11 is 3.37. The van der Waals surface area contributed by atoms with Gasteiger partial charge in [-0.1, -0.05) is 22.9 Å². The number of carbonyl (C=O) groups is 1. The Morgan fingerprint density at radius 3 is 2.62 bits per heavy atom. The van der Waals surface area contributed by atoms with Gasteiger partial charge in [-0.15, -0.1) is 0 Å². The van der Waals surface area contributed by atoms with Gasteiger partial charge < -0.3 is 4.90 Å². The van der Waals surface area contributed by atoms with Crippen LogP contribution in [0.3, 0.4) is 0 Å². The molecule has 0 aromatic rings. The van der Waals surface area contributed by atoms with Crippen LogP contribution in [-0.4, -0.2) is 29.2 Å². The Labute approximate surface area is 88.8 Å². The lowest BCUT2D eigenvalue weighted by Crippen LogP contribution is -2.37. The molecule has 1 saturated carbocycles. The van der Waals surface area contributed by atoms with E-state index in [2.05, 4.69) is 22.9 Å². The number of amides is 1. The van der Waals surface area contributed by atoms with Crippen molar-refractivity contribution >= 4 is 21.8 Å². The van der Waals surface area contributed by atoms with Crippen LogP contribution >= 0.6 is 15.9 Å². The van der Waals surface area contributed by atoms with Gasteiger partial charge >= 0.3 is 0 Å². The van der Waals surface area contributed by atoms with Crippen LogP contribution in [0.15, 0.2) is 0 Å². The van der Waals surface area contributed by atoms with E-state index in [4.69, 9.17) is 0 Å². The third-order valence-corrected chi connectivity index (χ3v) is 3.12. The molecular formula is C10H18BrNO. The summed E-state index contributed by atoms with van der Waals surface area (Å²) in [5, 5.41) is 0.879. The second-order valence-corrected chi connectivity index (χ2v) is 4.53. The van der Waals surface area contributed by atoms with E-state index in [9.17, 15) is 4.79 Å². The van der Waals surface area contributed by atoms with Crippen molar-refractivity contribution in [3.8, 4) is 0 Å². The highest BCUT2D eigenvalue weighted by Crippen LogP contribution is 2.37. The third kappa shape index (κ3) is 2.97. The molecule has 0 aliphatic heterocycles. The predicted molar refractivity (Wildman–Crippen MR) is 57.9 cm³/mol. The zero-order chi connectivity index (χ0) is 9.84. The largest absolute Gasteiger partial charge is 0.342 e. The van der Waals surface area contributed by atoms with Crippen molar-refractivity contribution in [1.29, 1.82) is 0 Å². The first-order valence-corrected chi connectivity index (χ1v) is 6.17. The molecule has 0 heterocycles. The van der Waals surface area contributed by atoms with E-state index in [-0.39, 0.29) is 5.92 Å². The van der Waals surface area contributed by atoms with E-state index in [1.165, 1.54) is 12.8 Å². The minimum absolute atomic E-state index is 0.249. The van der Waals surface area contributed by atoms with Crippen molar-refractivity contribution in [2.24, 2.45) is 11.8 Å². The molecule has 2 nitrogen and oxygen atoms in total. The minimum atomic E-state index is 0.249. The summed E-state index contributed by atoms with van der Waals surface area (Å²) in [6.45, 7) is 5.78. The Morgan fingerprint density at radius 2 is 2.23 bits per heavy atom. The quantitative estimate of drug-likeness (QED) is 0.683. The molecule has 1 amide bonds. The molecule has 1 aliphatic carbocycles. The van der Waals surface area contributed by atoms with Crippen molar-refractivity contribution in [3.63, 3.8) is 0 Å². The first-order valence-electron chi connectivity index (χ1n) is 5.05. The number of carbonyl (C=O) groups excluding carboxylic acids is 1. The minimum Gasteiger partial charge on any atom is -0.342 e. The van der Waals surface area contributed by atoms with Crippen molar-refractivity contribution in [1.82, 2.24) is 4.90 Å². The van der Waals surface area contributed by atoms with Gasteiger partial charge in [-0.2, -0.15) is 0 Å². The molecule has 1 fully saturated rings. The summed E-state index contributed by atoms with van der Waals surface area (Å²) in [5.41, 5.74) is 0. The summed E-state index contributed by atoms with van der Waals surface area (Å²) in [6.07, 6.45) is 2.50. The lowest BCUT2D eigenvalue weighted by molar-refractivity contribution is -0.135. The second kappa shape index (κ2) is 4.99. The fourth-order valence-electron chi connectivity index (χ4n) is 1.61. The smallest absolute Gasteiger partial charge is 0.225 e. The summed E-state index contributed by atoms with van der Waals surface area (Å²) in [4.78, 5) is 13.8. The average Bonchev–Trinajstić information content (AvgIpc) is 2.95. The summed E-state index contributed by atoms with van der Waals surface area (Å²) < 4.78 is 0. The Bertz CT molecular complexity index is 180. The van der Waals surface area contributed by atoms with Crippen LogP contribution in [-0.2, 0) is 4.79 Å². The van der Waals surface area contributed by atoms with Crippen molar-refractivity contribution < 1.29 is 4.79 Å². The fraction of sp³-hybridized carbons (Fsp3) is 0.900. The Hall–Kier alpha value is -0.0500. The summed E-state index contributed by atoms with van der Waals surface area (Å²) in [6, 6.07) is 0. The number of nitrogens with zero attached hydrogens (tertiary/aromatic N) is 1. The molecule has 0 radical (unpaired) electrons. The van der Waals surface area contributed by atoms with Crippen LogP contribution in [0.4, 0.5) is 0 Å². The van der Waals surface area contributed by atoms with E-state index in [0.717, 1.165) is 18.4 Å². The van der Waals surface area contributed by atoms with Gasteiger partial charge in [-0.05, 0) is 25.7 Å². The lowest BCUT2D eigenvalue weighted by atomic mass is 10.1. The highest BCUT2D eigenvalue weighted by atomic mass is 79.9. The van der Waals surface area contributed by atoms with E-state index in [0.29, 0.717) is 11.8 Å². The number of hydrogen-bond donors (Lipinski definition) is 0. The molecule has 76 valence electrons. The maximum absolute atomic E-state index is 11.9. The van der Waals surface area contributed by atoms with Gasteiger partial charge in [0.2, 0.25) is 5.91 Å². The molecule has 1 aliphatic rings. The predicted octanol–water partition coefficient (Wildman–Crippen LogP) is 2.28. The summed E-state index contributed by atoms with van der Waals surface area (Å²) in [7, 11) is 0. The number of halogens is 1. The van der Waals surface area contributed by atoms with Crippen LogP contribution in [0, 0.1) is 11.8 Å². The molecule has 1 unspecified atom stereocenters. The molecule has 0 spiro atoms. The van der Waals surface area contributed by atoms with Crippen LogP contribution in [0.1, 0.15) is 26.7 Å². The van der Waals surface area contributed by atoms with Gasteiger partial charge in [0.25, 0.3) is 0 Å². The molecule has 0 saturated heterocycles. The molecule has 0 aromatic carbocycles. The molecule has 0 aromatic heterocycles. The van der Waals surface area contributed by atoms with E-state index in [1.807, 2.05) is 11.8 Å². The number of rotatable bonds is 5. The maximum atomic E-state index is 11.9. The number of alkyl halides is 1.